The first-order chi connectivity index (χ1) is 10.1. The van der Waals surface area contributed by atoms with Crippen molar-refractivity contribution in [2.75, 3.05) is 28.0 Å². The predicted octanol–water partition coefficient (Wildman–Crippen LogP) is 0.0746. The van der Waals surface area contributed by atoms with Gasteiger partial charge in [-0.3, -0.25) is 9.59 Å². The molecule has 0 aromatic heterocycles. The van der Waals surface area contributed by atoms with E-state index in [1.165, 1.54) is 21.3 Å². The molecule has 0 atom stereocenters. The highest BCUT2D eigenvalue weighted by Gasteiger charge is 2.30. The summed E-state index contributed by atoms with van der Waals surface area (Å²) < 4.78 is 15.7. The summed E-state index contributed by atoms with van der Waals surface area (Å²) in [7, 11) is 4.55. The van der Waals surface area contributed by atoms with Crippen LogP contribution in [0.1, 0.15) is 5.56 Å². The molecule has 0 spiro atoms. The highest BCUT2D eigenvalue weighted by Crippen LogP contribution is 2.38. The molecule has 7 heteroatoms. The van der Waals surface area contributed by atoms with Crippen LogP contribution in [0.4, 0.5) is 0 Å². The van der Waals surface area contributed by atoms with Crippen LogP contribution in [0.3, 0.4) is 0 Å². The topological polar surface area (TPSA) is 85.9 Å². The van der Waals surface area contributed by atoms with Gasteiger partial charge in [-0.05, 0) is 24.1 Å². The molecule has 1 aromatic carbocycles. The summed E-state index contributed by atoms with van der Waals surface area (Å²) in [4.78, 5) is 23.6. The van der Waals surface area contributed by atoms with E-state index in [0.717, 1.165) is 5.56 Å². The second-order valence-corrected chi connectivity index (χ2v) is 4.55. The first kappa shape index (κ1) is 15.0. The van der Waals surface area contributed by atoms with E-state index in [1.54, 1.807) is 12.1 Å². The zero-order valence-corrected chi connectivity index (χ0v) is 12.2. The van der Waals surface area contributed by atoms with E-state index >= 15 is 0 Å². The van der Waals surface area contributed by atoms with Gasteiger partial charge in [-0.1, -0.05) is 0 Å². The molecular weight excluding hydrogens is 276 g/mol. The normalized spacial score (nSPS) is 15.2. The molecule has 2 N–H and O–H groups in total. The number of rotatable bonds is 5. The van der Waals surface area contributed by atoms with Crippen LogP contribution in [-0.2, 0) is 16.0 Å². The van der Waals surface area contributed by atoms with Crippen molar-refractivity contribution >= 4 is 11.8 Å². The third-order valence-electron chi connectivity index (χ3n) is 3.32. The summed E-state index contributed by atoms with van der Waals surface area (Å²) >= 11 is 0. The fourth-order valence-corrected chi connectivity index (χ4v) is 2.26. The first-order valence-electron chi connectivity index (χ1n) is 6.45. The van der Waals surface area contributed by atoms with E-state index in [4.69, 9.17) is 14.2 Å². The summed E-state index contributed by atoms with van der Waals surface area (Å²) in [6.07, 6.45) is 0.258. The monoisotopic (exact) mass is 294 g/mol. The van der Waals surface area contributed by atoms with Crippen LogP contribution in [-0.4, -0.2) is 39.8 Å². The molecule has 21 heavy (non-hydrogen) atoms. The molecule has 2 amide bonds. The van der Waals surface area contributed by atoms with E-state index in [0.29, 0.717) is 17.2 Å². The molecule has 0 aliphatic carbocycles. The molecule has 1 heterocycles. The van der Waals surface area contributed by atoms with E-state index in [2.05, 4.69) is 10.6 Å². The van der Waals surface area contributed by atoms with Crippen molar-refractivity contribution in [1.29, 1.82) is 0 Å². The molecule has 2 rings (SSSR count). The summed E-state index contributed by atoms with van der Waals surface area (Å²) in [6.45, 7) is 0.170. The third-order valence-corrected chi connectivity index (χ3v) is 3.32. The lowest BCUT2D eigenvalue weighted by Crippen LogP contribution is -2.52. The Morgan fingerprint density at radius 3 is 1.95 bits per heavy atom. The first-order valence-corrected chi connectivity index (χ1v) is 6.45. The molecule has 0 unspecified atom stereocenters. The Bertz CT molecular complexity index is 517. The van der Waals surface area contributed by atoms with E-state index in [-0.39, 0.29) is 24.9 Å². The quantitative estimate of drug-likeness (QED) is 0.751. The van der Waals surface area contributed by atoms with Crippen LogP contribution >= 0.6 is 0 Å². The van der Waals surface area contributed by atoms with Crippen LogP contribution in [0.15, 0.2) is 12.1 Å². The largest absolute Gasteiger partial charge is 0.493 e. The average molecular weight is 294 g/mol. The second-order valence-electron chi connectivity index (χ2n) is 4.55. The van der Waals surface area contributed by atoms with Gasteiger partial charge >= 0.3 is 0 Å². The summed E-state index contributed by atoms with van der Waals surface area (Å²) in [6, 6.07) is 3.47. The lowest BCUT2D eigenvalue weighted by Gasteiger charge is -2.22. The maximum absolute atomic E-state index is 11.8. The third kappa shape index (κ3) is 3.01. The number of hydrogen-bond donors (Lipinski definition) is 2. The van der Waals surface area contributed by atoms with Crippen LogP contribution in [0.2, 0.25) is 0 Å². The van der Waals surface area contributed by atoms with Gasteiger partial charge in [0.1, 0.15) is 5.92 Å². The summed E-state index contributed by atoms with van der Waals surface area (Å²) in [5.41, 5.74) is 0.752. The molecule has 0 radical (unpaired) electrons. The molecule has 7 nitrogen and oxygen atoms in total. The van der Waals surface area contributed by atoms with Gasteiger partial charge in [-0.25, -0.2) is 0 Å². The molecule has 114 valence electrons. The van der Waals surface area contributed by atoms with Crippen molar-refractivity contribution in [3.63, 3.8) is 0 Å². The number of hydrogen-bond acceptors (Lipinski definition) is 5. The van der Waals surface area contributed by atoms with Crippen molar-refractivity contribution in [3.8, 4) is 17.2 Å². The highest BCUT2D eigenvalue weighted by atomic mass is 16.5. The fraction of sp³-hybridized carbons (Fsp3) is 0.429. The van der Waals surface area contributed by atoms with Gasteiger partial charge in [-0.2, -0.15) is 0 Å². The van der Waals surface area contributed by atoms with Crippen LogP contribution in [0, 0.1) is 5.92 Å². The Morgan fingerprint density at radius 2 is 1.52 bits per heavy atom. The van der Waals surface area contributed by atoms with Crippen LogP contribution in [0.25, 0.3) is 0 Å². The highest BCUT2D eigenvalue weighted by molar-refractivity contribution is 6.02. The minimum absolute atomic E-state index is 0.170. The van der Waals surface area contributed by atoms with Crippen molar-refractivity contribution < 1.29 is 23.8 Å². The Morgan fingerprint density at radius 1 is 1.00 bits per heavy atom. The zero-order chi connectivity index (χ0) is 15.4. The number of amides is 2. The number of ether oxygens (including phenoxy) is 3. The lowest BCUT2D eigenvalue weighted by molar-refractivity contribution is -0.138. The van der Waals surface area contributed by atoms with Gasteiger partial charge in [0.25, 0.3) is 0 Å². The summed E-state index contributed by atoms with van der Waals surface area (Å²) in [5, 5.41) is 5.21. The minimum atomic E-state index is -0.762. The number of carbonyl (C=O) groups is 2. The van der Waals surface area contributed by atoms with Crippen molar-refractivity contribution in [3.05, 3.63) is 17.7 Å². The Hall–Kier alpha value is -2.44. The lowest BCUT2D eigenvalue weighted by atomic mass is 9.96. The standard InChI is InChI=1S/C14H18N2O5/c1-19-10-5-8(6-11(20-2)12(10)21-3)4-9-13(17)15-7-16-14(9)18/h5-6,9H,4,7H2,1-3H3,(H,15,17)(H,16,18). The van der Waals surface area contributed by atoms with Crippen molar-refractivity contribution in [2.24, 2.45) is 5.92 Å². The van der Waals surface area contributed by atoms with Gasteiger partial charge in [-0.15, -0.1) is 0 Å². The van der Waals surface area contributed by atoms with Crippen LogP contribution in [0.5, 0.6) is 17.2 Å². The van der Waals surface area contributed by atoms with Crippen LogP contribution < -0.4 is 24.8 Å². The zero-order valence-electron chi connectivity index (χ0n) is 12.2. The number of methoxy groups -OCH3 is 3. The maximum atomic E-state index is 11.8. The van der Waals surface area contributed by atoms with Crippen molar-refractivity contribution in [1.82, 2.24) is 10.6 Å². The molecule has 0 saturated carbocycles. The Labute approximate surface area is 122 Å². The molecule has 1 aliphatic heterocycles. The smallest absolute Gasteiger partial charge is 0.234 e. The fourth-order valence-electron chi connectivity index (χ4n) is 2.26. The Balaban J connectivity index is 2.31. The predicted molar refractivity (Wildman–Crippen MR) is 74.4 cm³/mol. The second kappa shape index (κ2) is 6.34. The van der Waals surface area contributed by atoms with Gasteiger partial charge in [0.05, 0.1) is 28.0 Å². The average Bonchev–Trinajstić information content (AvgIpc) is 2.49. The van der Waals surface area contributed by atoms with Gasteiger partial charge in [0, 0.05) is 0 Å². The number of carbonyl (C=O) groups excluding carboxylic acids is 2. The molecular formula is C14H18N2O5. The number of benzene rings is 1. The van der Waals surface area contributed by atoms with Gasteiger partial charge < -0.3 is 24.8 Å². The van der Waals surface area contributed by atoms with Gasteiger partial charge in [0.15, 0.2) is 11.5 Å². The molecule has 1 saturated heterocycles. The molecule has 1 aliphatic rings. The van der Waals surface area contributed by atoms with E-state index < -0.39 is 5.92 Å². The Kier molecular flexibility index (Phi) is 4.52. The van der Waals surface area contributed by atoms with Crippen molar-refractivity contribution in [2.45, 2.75) is 6.42 Å². The SMILES string of the molecule is COc1cc(CC2C(=O)NCNC2=O)cc(OC)c1OC. The van der Waals surface area contributed by atoms with E-state index in [1.807, 2.05) is 0 Å². The van der Waals surface area contributed by atoms with Gasteiger partial charge in [0.2, 0.25) is 17.6 Å². The molecule has 1 aromatic rings. The molecule has 1 fully saturated rings. The minimum Gasteiger partial charge on any atom is -0.493 e. The maximum Gasteiger partial charge on any atom is 0.234 e. The van der Waals surface area contributed by atoms with E-state index in [9.17, 15) is 9.59 Å². The summed E-state index contributed by atoms with van der Waals surface area (Å²) in [5.74, 6) is 0.120. The molecule has 0 bridgehead atoms. The number of nitrogens with one attached hydrogen (secondary N) is 2.